The highest BCUT2D eigenvalue weighted by molar-refractivity contribution is 8.00. The Morgan fingerprint density at radius 1 is 1.24 bits per heavy atom. The minimum atomic E-state index is -0.892. The minimum Gasteiger partial charge on any atom is -0.456 e. The molecule has 0 spiro atoms. The van der Waals surface area contributed by atoms with Gasteiger partial charge in [0.05, 0.1) is 24.5 Å². The molecule has 134 valence electrons. The Labute approximate surface area is 148 Å². The van der Waals surface area contributed by atoms with Crippen molar-refractivity contribution in [2.24, 2.45) is 0 Å². The van der Waals surface area contributed by atoms with Crippen LogP contribution in [0.5, 0.6) is 0 Å². The molecular weight excluding hydrogens is 348 g/mol. The third-order valence-corrected chi connectivity index (χ3v) is 4.28. The molecule has 0 fully saturated rings. The summed E-state index contributed by atoms with van der Waals surface area (Å²) in [7, 11) is 0. The lowest BCUT2D eigenvalue weighted by atomic mass is 10.2. The number of rotatable bonds is 6. The van der Waals surface area contributed by atoms with Crippen LogP contribution in [0.1, 0.15) is 13.3 Å². The molecule has 2 rings (SSSR count). The van der Waals surface area contributed by atoms with Crippen LogP contribution in [-0.4, -0.2) is 49.4 Å². The number of esters is 1. The predicted molar refractivity (Wildman–Crippen MR) is 90.3 cm³/mol. The van der Waals surface area contributed by atoms with E-state index >= 15 is 0 Å². The number of nitrogens with one attached hydrogen (secondary N) is 1. The zero-order chi connectivity index (χ0) is 18.2. The highest BCUT2D eigenvalue weighted by Crippen LogP contribution is 2.34. The fourth-order valence-electron chi connectivity index (χ4n) is 2.14. The second kappa shape index (κ2) is 9.07. The molecule has 1 aliphatic heterocycles. The zero-order valence-electron chi connectivity index (χ0n) is 13.6. The number of carbonyl (C=O) groups excluding carboxylic acids is 4. The predicted octanol–water partition coefficient (Wildman–Crippen LogP) is 1.33. The molecule has 0 saturated heterocycles. The van der Waals surface area contributed by atoms with Gasteiger partial charge < -0.3 is 14.4 Å². The fourth-order valence-corrected chi connectivity index (χ4v) is 3.07. The van der Waals surface area contributed by atoms with Gasteiger partial charge in [-0.1, -0.05) is 12.1 Å². The number of carbonyl (C=O) groups is 4. The fraction of sp³-hybridized carbons (Fsp3) is 0.375. The van der Waals surface area contributed by atoms with Crippen molar-refractivity contribution in [3.8, 4) is 0 Å². The lowest BCUT2D eigenvalue weighted by Gasteiger charge is -2.28. The number of amides is 3. The molecular formula is C16H18N2O6S. The first kappa shape index (κ1) is 18.8. The molecule has 0 bridgehead atoms. The minimum absolute atomic E-state index is 0.0581. The maximum Gasteiger partial charge on any atom is 0.413 e. The van der Waals surface area contributed by atoms with Gasteiger partial charge >= 0.3 is 12.1 Å². The summed E-state index contributed by atoms with van der Waals surface area (Å²) in [4.78, 5) is 48.8. The first-order valence-corrected chi connectivity index (χ1v) is 8.64. The molecule has 0 saturated carbocycles. The Morgan fingerprint density at radius 3 is 2.76 bits per heavy atom. The quantitative estimate of drug-likeness (QED) is 0.758. The molecule has 1 aromatic carbocycles. The van der Waals surface area contributed by atoms with Gasteiger partial charge in [0, 0.05) is 11.4 Å². The number of benzene rings is 1. The van der Waals surface area contributed by atoms with E-state index in [1.807, 2.05) is 29.6 Å². The topological polar surface area (TPSA) is 102 Å². The van der Waals surface area contributed by atoms with Crippen LogP contribution in [0.15, 0.2) is 29.2 Å². The van der Waals surface area contributed by atoms with Gasteiger partial charge in [-0.3, -0.25) is 19.7 Å². The summed E-state index contributed by atoms with van der Waals surface area (Å²) in [5.74, 6) is -1.18. The summed E-state index contributed by atoms with van der Waals surface area (Å²) in [6.45, 7) is 1.30. The number of anilines is 1. The Hall–Kier alpha value is -2.55. The van der Waals surface area contributed by atoms with E-state index in [2.05, 4.69) is 4.74 Å². The molecule has 3 amide bonds. The normalized spacial score (nSPS) is 13.0. The van der Waals surface area contributed by atoms with Crippen LogP contribution < -0.4 is 10.2 Å². The first-order valence-electron chi connectivity index (χ1n) is 7.65. The molecule has 1 N–H and O–H groups in total. The van der Waals surface area contributed by atoms with Crippen molar-refractivity contribution in [1.29, 1.82) is 0 Å². The number of ether oxygens (including phenoxy) is 2. The smallest absolute Gasteiger partial charge is 0.413 e. The van der Waals surface area contributed by atoms with Gasteiger partial charge in [0.1, 0.15) is 0 Å². The standard InChI is InChI=1S/C16H18N2O6S/c1-2-23-16(22)17-13(19)9-24-15(21)7-8-18-11-5-3-4-6-12(11)25-10-14(18)20/h3-6H,2,7-10H2,1H3,(H,17,19,22). The number of para-hydroxylation sites is 1. The van der Waals surface area contributed by atoms with E-state index in [1.165, 1.54) is 16.7 Å². The van der Waals surface area contributed by atoms with Gasteiger partial charge in [-0.2, -0.15) is 0 Å². The molecule has 9 heteroatoms. The molecule has 0 unspecified atom stereocenters. The van der Waals surface area contributed by atoms with E-state index in [4.69, 9.17) is 4.74 Å². The summed E-state index contributed by atoms with van der Waals surface area (Å²) in [6, 6.07) is 7.44. The van der Waals surface area contributed by atoms with Crippen molar-refractivity contribution in [2.45, 2.75) is 18.2 Å². The van der Waals surface area contributed by atoms with E-state index in [1.54, 1.807) is 6.92 Å². The summed E-state index contributed by atoms with van der Waals surface area (Å²) < 4.78 is 9.33. The highest BCUT2D eigenvalue weighted by Gasteiger charge is 2.25. The van der Waals surface area contributed by atoms with Crippen molar-refractivity contribution in [2.75, 3.05) is 30.4 Å². The largest absolute Gasteiger partial charge is 0.456 e. The number of fused-ring (bicyclic) bond motifs is 1. The average Bonchev–Trinajstić information content (AvgIpc) is 2.59. The van der Waals surface area contributed by atoms with E-state index < -0.39 is 24.6 Å². The summed E-state index contributed by atoms with van der Waals surface area (Å²) in [5.41, 5.74) is 0.761. The zero-order valence-corrected chi connectivity index (χ0v) is 14.5. The van der Waals surface area contributed by atoms with Gasteiger partial charge in [0.15, 0.2) is 6.61 Å². The Kier molecular flexibility index (Phi) is 6.81. The summed E-state index contributed by atoms with van der Waals surface area (Å²) in [6.07, 6.45) is -0.950. The first-order chi connectivity index (χ1) is 12.0. The molecule has 1 aromatic rings. The molecule has 0 atom stereocenters. The van der Waals surface area contributed by atoms with Crippen LogP contribution in [0.3, 0.4) is 0 Å². The maximum atomic E-state index is 12.1. The number of thioether (sulfide) groups is 1. The van der Waals surface area contributed by atoms with Gasteiger partial charge in [0.25, 0.3) is 5.91 Å². The number of nitrogens with zero attached hydrogens (tertiary/aromatic N) is 1. The summed E-state index contributed by atoms with van der Waals surface area (Å²) >= 11 is 1.45. The maximum absolute atomic E-state index is 12.1. The molecule has 0 aromatic heterocycles. The molecule has 25 heavy (non-hydrogen) atoms. The highest BCUT2D eigenvalue weighted by atomic mass is 32.2. The van der Waals surface area contributed by atoms with Crippen LogP contribution >= 0.6 is 11.8 Å². The molecule has 1 aliphatic rings. The number of hydrogen-bond acceptors (Lipinski definition) is 7. The van der Waals surface area contributed by atoms with Crippen LogP contribution in [-0.2, 0) is 23.9 Å². The Balaban J connectivity index is 1.79. The van der Waals surface area contributed by atoms with Crippen LogP contribution in [0.2, 0.25) is 0 Å². The van der Waals surface area contributed by atoms with E-state index in [9.17, 15) is 19.2 Å². The van der Waals surface area contributed by atoms with E-state index in [0.717, 1.165) is 10.6 Å². The van der Waals surface area contributed by atoms with Crippen LogP contribution in [0.4, 0.5) is 10.5 Å². The lowest BCUT2D eigenvalue weighted by molar-refractivity contribution is -0.148. The second-order valence-electron chi connectivity index (χ2n) is 4.98. The monoisotopic (exact) mass is 366 g/mol. The second-order valence-corrected chi connectivity index (χ2v) is 6.00. The third-order valence-electron chi connectivity index (χ3n) is 3.23. The van der Waals surface area contributed by atoms with E-state index in [0.29, 0.717) is 5.75 Å². The number of hydrogen-bond donors (Lipinski definition) is 1. The van der Waals surface area contributed by atoms with Gasteiger partial charge in [0.2, 0.25) is 5.91 Å². The van der Waals surface area contributed by atoms with Crippen molar-refractivity contribution in [1.82, 2.24) is 5.32 Å². The SMILES string of the molecule is CCOC(=O)NC(=O)COC(=O)CCN1C(=O)CSc2ccccc21. The van der Waals surface area contributed by atoms with Gasteiger partial charge in [-0.05, 0) is 19.1 Å². The summed E-state index contributed by atoms with van der Waals surface area (Å²) in [5, 5.41) is 1.92. The molecule has 0 radical (unpaired) electrons. The van der Waals surface area contributed by atoms with Crippen molar-refractivity contribution < 1.29 is 28.7 Å². The molecule has 8 nitrogen and oxygen atoms in total. The van der Waals surface area contributed by atoms with Crippen molar-refractivity contribution in [3.05, 3.63) is 24.3 Å². The van der Waals surface area contributed by atoms with Gasteiger partial charge in [-0.25, -0.2) is 4.79 Å². The lowest BCUT2D eigenvalue weighted by Crippen LogP contribution is -2.38. The van der Waals surface area contributed by atoms with E-state index in [-0.39, 0.29) is 25.5 Å². The van der Waals surface area contributed by atoms with Gasteiger partial charge in [-0.15, -0.1) is 11.8 Å². The van der Waals surface area contributed by atoms with Crippen molar-refractivity contribution in [3.63, 3.8) is 0 Å². The Morgan fingerprint density at radius 2 is 2.00 bits per heavy atom. The van der Waals surface area contributed by atoms with Crippen LogP contribution in [0.25, 0.3) is 0 Å². The molecule has 1 heterocycles. The average molecular weight is 366 g/mol. The third kappa shape index (κ3) is 5.49. The number of imide groups is 1. The number of alkyl carbamates (subject to hydrolysis) is 1. The molecule has 0 aliphatic carbocycles. The van der Waals surface area contributed by atoms with Crippen molar-refractivity contribution >= 4 is 41.3 Å². The Bertz CT molecular complexity index is 678. The van der Waals surface area contributed by atoms with Crippen LogP contribution in [0, 0.1) is 0 Å².